The Morgan fingerprint density at radius 2 is 2.47 bits per heavy atom. The van der Waals surface area contributed by atoms with Crippen molar-refractivity contribution >= 4 is 21.9 Å². The van der Waals surface area contributed by atoms with E-state index in [-0.39, 0.29) is 0 Å². The fraction of sp³-hybridized carbons (Fsp3) is 0.500. The Labute approximate surface area is 95.9 Å². The van der Waals surface area contributed by atoms with Crippen LogP contribution in [0, 0.1) is 0 Å². The molecule has 0 aliphatic heterocycles. The van der Waals surface area contributed by atoms with Crippen LogP contribution in [0.4, 0.5) is 0 Å². The van der Waals surface area contributed by atoms with Crippen LogP contribution in [-0.4, -0.2) is 13.1 Å². The van der Waals surface area contributed by atoms with Crippen molar-refractivity contribution in [1.29, 1.82) is 0 Å². The van der Waals surface area contributed by atoms with Crippen LogP contribution < -0.4 is 5.73 Å². The van der Waals surface area contributed by atoms with E-state index in [0.29, 0.717) is 16.9 Å². The second-order valence-corrected chi connectivity index (χ2v) is 4.50. The van der Waals surface area contributed by atoms with E-state index in [9.17, 15) is 4.79 Å². The molecule has 0 radical (unpaired) electrons. The molecule has 1 heterocycles. The Morgan fingerprint density at radius 1 is 1.73 bits per heavy atom. The van der Waals surface area contributed by atoms with Gasteiger partial charge in [-0.05, 0) is 46.8 Å². The van der Waals surface area contributed by atoms with Crippen LogP contribution in [0.2, 0.25) is 0 Å². The first-order valence-electron chi connectivity index (χ1n) is 4.74. The van der Waals surface area contributed by atoms with Gasteiger partial charge in [-0.15, -0.1) is 0 Å². The molecular weight excluding hydrogens is 262 g/mol. The Morgan fingerprint density at radius 3 is 3.13 bits per heavy atom. The van der Waals surface area contributed by atoms with Crippen molar-refractivity contribution in [3.8, 4) is 0 Å². The van der Waals surface area contributed by atoms with Gasteiger partial charge in [0.15, 0.2) is 10.2 Å². The van der Waals surface area contributed by atoms with Gasteiger partial charge in [-0.3, -0.25) is 0 Å². The lowest BCUT2D eigenvalue weighted by Crippen LogP contribution is -2.47. The van der Waals surface area contributed by atoms with E-state index in [1.807, 2.05) is 6.07 Å². The standard InChI is InChI=1S/C10H12BrNO3/c1-14-9(13)10(12)4-2-3-6-5-7(11)15-8(6)10/h5H,2-4,12H2,1H3. The largest absolute Gasteiger partial charge is 0.467 e. The molecule has 5 heteroatoms. The number of esters is 1. The van der Waals surface area contributed by atoms with Crippen molar-refractivity contribution in [3.05, 3.63) is 22.1 Å². The number of aryl methyl sites for hydroxylation is 1. The molecular formula is C10H12BrNO3. The summed E-state index contributed by atoms with van der Waals surface area (Å²) in [5.74, 6) is 0.0952. The van der Waals surface area contributed by atoms with E-state index < -0.39 is 11.5 Å². The van der Waals surface area contributed by atoms with E-state index in [1.54, 1.807) is 0 Å². The second kappa shape index (κ2) is 3.64. The third kappa shape index (κ3) is 1.59. The van der Waals surface area contributed by atoms with Gasteiger partial charge in [-0.25, -0.2) is 4.79 Å². The molecule has 1 aromatic rings. The zero-order valence-electron chi connectivity index (χ0n) is 8.38. The number of nitrogens with two attached hydrogens (primary N) is 1. The number of ether oxygens (including phenoxy) is 1. The summed E-state index contributed by atoms with van der Waals surface area (Å²) in [6.07, 6.45) is 2.32. The quantitative estimate of drug-likeness (QED) is 0.792. The molecule has 0 saturated heterocycles. The van der Waals surface area contributed by atoms with Crippen LogP contribution in [0.15, 0.2) is 15.2 Å². The lowest BCUT2D eigenvalue weighted by Gasteiger charge is -2.28. The summed E-state index contributed by atoms with van der Waals surface area (Å²) >= 11 is 3.24. The highest BCUT2D eigenvalue weighted by Crippen LogP contribution is 2.37. The van der Waals surface area contributed by atoms with E-state index in [4.69, 9.17) is 14.9 Å². The molecule has 1 aliphatic carbocycles. The molecule has 1 aromatic heterocycles. The maximum absolute atomic E-state index is 11.6. The summed E-state index contributed by atoms with van der Waals surface area (Å²) < 4.78 is 10.8. The fourth-order valence-electron chi connectivity index (χ4n) is 2.01. The average molecular weight is 274 g/mol. The zero-order valence-corrected chi connectivity index (χ0v) is 9.96. The normalized spacial score (nSPS) is 24.7. The lowest BCUT2D eigenvalue weighted by atomic mass is 9.82. The Bertz CT molecular complexity index is 401. The van der Waals surface area contributed by atoms with Gasteiger partial charge in [0.05, 0.1) is 7.11 Å². The average Bonchev–Trinajstić information content (AvgIpc) is 2.59. The zero-order chi connectivity index (χ0) is 11.1. The van der Waals surface area contributed by atoms with Gasteiger partial charge >= 0.3 is 5.97 Å². The van der Waals surface area contributed by atoms with Gasteiger partial charge in [0.1, 0.15) is 5.76 Å². The predicted molar refractivity (Wildman–Crippen MR) is 57.2 cm³/mol. The minimum absolute atomic E-state index is 0.440. The van der Waals surface area contributed by atoms with Crippen LogP contribution in [0.1, 0.15) is 24.2 Å². The SMILES string of the molecule is COC(=O)C1(N)CCCc2cc(Br)oc21. The molecule has 1 atom stereocenters. The van der Waals surface area contributed by atoms with Crippen LogP contribution >= 0.6 is 15.9 Å². The number of hydrogen-bond acceptors (Lipinski definition) is 4. The van der Waals surface area contributed by atoms with Gasteiger partial charge in [-0.2, -0.15) is 0 Å². The van der Waals surface area contributed by atoms with E-state index in [1.165, 1.54) is 7.11 Å². The summed E-state index contributed by atoms with van der Waals surface area (Å²) in [4.78, 5) is 11.6. The minimum Gasteiger partial charge on any atom is -0.467 e. The summed E-state index contributed by atoms with van der Waals surface area (Å²) in [7, 11) is 1.34. The molecule has 0 spiro atoms. The molecule has 0 aromatic carbocycles. The molecule has 1 aliphatic rings. The monoisotopic (exact) mass is 273 g/mol. The highest BCUT2D eigenvalue weighted by atomic mass is 79.9. The third-order valence-corrected chi connectivity index (χ3v) is 3.14. The number of carbonyl (C=O) groups excluding carboxylic acids is 1. The van der Waals surface area contributed by atoms with Gasteiger partial charge in [0, 0.05) is 0 Å². The molecule has 0 saturated carbocycles. The van der Waals surface area contributed by atoms with Crippen LogP contribution in [0.25, 0.3) is 0 Å². The maximum atomic E-state index is 11.6. The van der Waals surface area contributed by atoms with Gasteiger partial charge in [0.25, 0.3) is 0 Å². The van der Waals surface area contributed by atoms with Crippen LogP contribution in [0.5, 0.6) is 0 Å². The second-order valence-electron chi connectivity index (χ2n) is 3.72. The Balaban J connectivity index is 2.48. The van der Waals surface area contributed by atoms with Crippen molar-refractivity contribution in [2.45, 2.75) is 24.8 Å². The first kappa shape index (κ1) is 10.7. The van der Waals surface area contributed by atoms with E-state index in [2.05, 4.69) is 15.9 Å². The van der Waals surface area contributed by atoms with Gasteiger partial charge in [-0.1, -0.05) is 0 Å². The number of fused-ring (bicyclic) bond motifs is 1. The van der Waals surface area contributed by atoms with Crippen LogP contribution in [0.3, 0.4) is 0 Å². The predicted octanol–water partition coefficient (Wildman–Crippen LogP) is 1.71. The lowest BCUT2D eigenvalue weighted by molar-refractivity contribution is -0.148. The molecule has 1 unspecified atom stereocenters. The number of furan rings is 1. The maximum Gasteiger partial charge on any atom is 0.333 e. The Kier molecular flexibility index (Phi) is 2.60. The first-order valence-corrected chi connectivity index (χ1v) is 5.53. The molecule has 0 amide bonds. The van der Waals surface area contributed by atoms with E-state index in [0.717, 1.165) is 18.4 Å². The highest BCUT2D eigenvalue weighted by molar-refractivity contribution is 9.10. The summed E-state index contributed by atoms with van der Waals surface area (Å²) in [6, 6.07) is 1.86. The summed E-state index contributed by atoms with van der Waals surface area (Å²) in [5, 5.41) is 0. The summed E-state index contributed by atoms with van der Waals surface area (Å²) in [5.41, 5.74) is 5.92. The smallest absolute Gasteiger partial charge is 0.333 e. The van der Waals surface area contributed by atoms with Gasteiger partial charge in [0.2, 0.25) is 0 Å². The molecule has 82 valence electrons. The van der Waals surface area contributed by atoms with Gasteiger partial charge < -0.3 is 14.9 Å². The first-order chi connectivity index (χ1) is 7.08. The number of rotatable bonds is 1. The van der Waals surface area contributed by atoms with E-state index >= 15 is 0 Å². The Hall–Kier alpha value is -0.810. The molecule has 0 bridgehead atoms. The molecule has 2 rings (SSSR count). The number of methoxy groups -OCH3 is 1. The topological polar surface area (TPSA) is 65.5 Å². The van der Waals surface area contributed by atoms with Crippen molar-refractivity contribution in [2.75, 3.05) is 7.11 Å². The minimum atomic E-state index is -1.12. The van der Waals surface area contributed by atoms with Crippen molar-refractivity contribution < 1.29 is 13.9 Å². The molecule has 4 nitrogen and oxygen atoms in total. The molecule has 15 heavy (non-hydrogen) atoms. The molecule has 2 N–H and O–H groups in total. The molecule has 0 fully saturated rings. The summed E-state index contributed by atoms with van der Waals surface area (Å²) in [6.45, 7) is 0. The van der Waals surface area contributed by atoms with Crippen molar-refractivity contribution in [1.82, 2.24) is 0 Å². The van der Waals surface area contributed by atoms with Crippen molar-refractivity contribution in [3.63, 3.8) is 0 Å². The third-order valence-electron chi connectivity index (χ3n) is 2.75. The highest BCUT2D eigenvalue weighted by Gasteiger charge is 2.44. The fourth-order valence-corrected chi connectivity index (χ4v) is 2.44. The number of carbonyl (C=O) groups is 1. The van der Waals surface area contributed by atoms with Crippen LogP contribution in [-0.2, 0) is 21.5 Å². The number of halogens is 1. The van der Waals surface area contributed by atoms with Crippen molar-refractivity contribution in [2.24, 2.45) is 5.73 Å². The number of hydrogen-bond donors (Lipinski definition) is 1.